The molecular weight excluding hydrogens is 372 g/mol. The molecule has 1 rings (SSSR count). The van der Waals surface area contributed by atoms with Crippen molar-refractivity contribution in [3.63, 3.8) is 0 Å². The lowest BCUT2D eigenvalue weighted by Crippen LogP contribution is -2.53. The van der Waals surface area contributed by atoms with Gasteiger partial charge in [0.05, 0.1) is 6.54 Å². The van der Waals surface area contributed by atoms with E-state index in [1.807, 2.05) is 27.7 Å². The number of carbonyl (C=O) groups excluding carboxylic acids is 1. The number of ether oxygens (including phenoxy) is 2. The molecule has 0 heterocycles. The highest BCUT2D eigenvalue weighted by Crippen LogP contribution is 2.14. The average molecular weight is 401 g/mol. The Hall–Kier alpha value is -1.83. The number of benzene rings is 1. The van der Waals surface area contributed by atoms with E-state index in [-0.39, 0.29) is 24.9 Å². The van der Waals surface area contributed by atoms with Crippen LogP contribution in [0.2, 0.25) is 5.02 Å². The third kappa shape index (κ3) is 8.15. The number of nitrogens with one attached hydrogen (secondary N) is 1. The van der Waals surface area contributed by atoms with E-state index in [4.69, 9.17) is 21.1 Å². The maximum absolute atomic E-state index is 13.1. The first-order valence-corrected chi connectivity index (χ1v) is 9.43. The molecule has 0 aliphatic rings. The van der Waals surface area contributed by atoms with Gasteiger partial charge in [-0.15, -0.1) is 0 Å². The van der Waals surface area contributed by atoms with Crippen molar-refractivity contribution in [2.45, 2.75) is 52.5 Å². The predicted molar refractivity (Wildman–Crippen MR) is 104 cm³/mol. The van der Waals surface area contributed by atoms with Crippen LogP contribution in [-0.2, 0) is 20.7 Å². The predicted octanol–water partition coefficient (Wildman–Crippen LogP) is 3.15. The quantitative estimate of drug-likeness (QED) is 0.557. The van der Waals surface area contributed by atoms with Crippen molar-refractivity contribution in [2.24, 2.45) is 0 Å². The molecule has 8 heteroatoms. The molecule has 0 spiro atoms. The zero-order chi connectivity index (χ0) is 20.4. The van der Waals surface area contributed by atoms with Crippen LogP contribution in [0.3, 0.4) is 0 Å². The molecule has 1 unspecified atom stereocenters. The van der Waals surface area contributed by atoms with Crippen LogP contribution in [-0.4, -0.2) is 60.1 Å². The van der Waals surface area contributed by atoms with Crippen LogP contribution in [0.15, 0.2) is 24.3 Å². The minimum absolute atomic E-state index is 0.149. The monoisotopic (exact) mass is 400 g/mol. The summed E-state index contributed by atoms with van der Waals surface area (Å²) in [6, 6.07) is 5.89. The second-order valence-electron chi connectivity index (χ2n) is 6.26. The lowest BCUT2D eigenvalue weighted by molar-refractivity contribution is -0.162. The van der Waals surface area contributed by atoms with Crippen molar-refractivity contribution in [2.75, 3.05) is 19.8 Å². The standard InChI is InChI=1S/C19H29ClN2O5/c1-5-26-17(27-6-2)12-22(13(3)4)18(23)16(21-19(24)25)11-14-7-9-15(20)10-8-14/h7-10,13,16-17,21H,5-6,11-12H2,1-4H3,(H,24,25). The van der Waals surface area contributed by atoms with E-state index >= 15 is 0 Å². The van der Waals surface area contributed by atoms with Gasteiger partial charge in [-0.1, -0.05) is 23.7 Å². The topological polar surface area (TPSA) is 88.1 Å². The van der Waals surface area contributed by atoms with Gasteiger partial charge < -0.3 is 24.8 Å². The first-order valence-electron chi connectivity index (χ1n) is 9.06. The minimum atomic E-state index is -1.25. The van der Waals surface area contributed by atoms with Gasteiger partial charge in [-0.05, 0) is 45.4 Å². The normalized spacial score (nSPS) is 12.3. The number of carboxylic acid groups (broad SMARTS) is 1. The average Bonchev–Trinajstić information content (AvgIpc) is 2.60. The third-order valence-corrected chi connectivity index (χ3v) is 4.16. The number of nitrogens with zero attached hydrogens (tertiary/aromatic N) is 1. The molecule has 0 bridgehead atoms. The lowest BCUT2D eigenvalue weighted by atomic mass is 10.0. The molecular formula is C19H29ClN2O5. The number of hydrogen-bond donors (Lipinski definition) is 2. The van der Waals surface area contributed by atoms with Crippen molar-refractivity contribution in [1.82, 2.24) is 10.2 Å². The van der Waals surface area contributed by atoms with Crippen molar-refractivity contribution in [3.05, 3.63) is 34.9 Å². The number of rotatable bonds is 11. The van der Waals surface area contributed by atoms with Crippen LogP contribution < -0.4 is 5.32 Å². The molecule has 0 aliphatic carbocycles. The summed E-state index contributed by atoms with van der Waals surface area (Å²) >= 11 is 5.89. The highest BCUT2D eigenvalue weighted by molar-refractivity contribution is 6.30. The van der Waals surface area contributed by atoms with Gasteiger partial charge in [0.1, 0.15) is 6.04 Å². The molecule has 1 aromatic rings. The molecule has 2 N–H and O–H groups in total. The molecule has 27 heavy (non-hydrogen) atoms. The Morgan fingerprint density at radius 3 is 2.15 bits per heavy atom. The van der Waals surface area contributed by atoms with Gasteiger partial charge in [-0.2, -0.15) is 0 Å². The van der Waals surface area contributed by atoms with Gasteiger partial charge in [0.15, 0.2) is 6.29 Å². The summed E-state index contributed by atoms with van der Waals surface area (Å²) < 4.78 is 11.1. The van der Waals surface area contributed by atoms with Crippen molar-refractivity contribution >= 4 is 23.6 Å². The number of halogens is 1. The van der Waals surface area contributed by atoms with Gasteiger partial charge in [0, 0.05) is 30.7 Å². The molecule has 7 nitrogen and oxygen atoms in total. The highest BCUT2D eigenvalue weighted by atomic mass is 35.5. The van der Waals surface area contributed by atoms with Gasteiger partial charge in [-0.3, -0.25) is 4.79 Å². The van der Waals surface area contributed by atoms with Crippen LogP contribution >= 0.6 is 11.6 Å². The summed E-state index contributed by atoms with van der Waals surface area (Å²) in [4.78, 5) is 25.9. The van der Waals surface area contributed by atoms with Crippen LogP contribution in [0.25, 0.3) is 0 Å². The molecule has 0 radical (unpaired) electrons. The van der Waals surface area contributed by atoms with Crippen molar-refractivity contribution < 1.29 is 24.2 Å². The summed E-state index contributed by atoms with van der Waals surface area (Å²) in [6.45, 7) is 8.56. The van der Waals surface area contributed by atoms with E-state index in [9.17, 15) is 14.7 Å². The Bertz CT molecular complexity index is 588. The molecule has 1 atom stereocenters. The Morgan fingerprint density at radius 1 is 1.15 bits per heavy atom. The van der Waals surface area contributed by atoms with Crippen molar-refractivity contribution in [1.29, 1.82) is 0 Å². The van der Waals surface area contributed by atoms with Crippen LogP contribution in [0, 0.1) is 0 Å². The summed E-state index contributed by atoms with van der Waals surface area (Å²) in [5.41, 5.74) is 0.807. The Morgan fingerprint density at radius 2 is 1.70 bits per heavy atom. The molecule has 152 valence electrons. The largest absolute Gasteiger partial charge is 0.465 e. The van der Waals surface area contributed by atoms with E-state index in [0.717, 1.165) is 5.56 Å². The van der Waals surface area contributed by atoms with Crippen molar-refractivity contribution in [3.8, 4) is 0 Å². The molecule has 0 aromatic heterocycles. The van der Waals surface area contributed by atoms with Crippen LogP contribution in [0.1, 0.15) is 33.3 Å². The number of hydrogen-bond acceptors (Lipinski definition) is 4. The van der Waals surface area contributed by atoms with Gasteiger partial charge in [0.2, 0.25) is 5.91 Å². The zero-order valence-corrected chi connectivity index (χ0v) is 17.0. The number of carbonyl (C=O) groups is 2. The first kappa shape index (κ1) is 23.2. The molecule has 0 fully saturated rings. The van der Waals surface area contributed by atoms with E-state index in [0.29, 0.717) is 18.2 Å². The van der Waals surface area contributed by atoms with E-state index < -0.39 is 18.4 Å². The second-order valence-corrected chi connectivity index (χ2v) is 6.69. The number of amides is 2. The zero-order valence-electron chi connectivity index (χ0n) is 16.3. The smallest absolute Gasteiger partial charge is 0.405 e. The molecule has 0 aliphatic heterocycles. The van der Waals surface area contributed by atoms with E-state index in [1.54, 1.807) is 29.2 Å². The highest BCUT2D eigenvalue weighted by Gasteiger charge is 2.30. The Balaban J connectivity index is 2.99. The fraction of sp³-hybridized carbons (Fsp3) is 0.579. The van der Waals surface area contributed by atoms with Crippen LogP contribution in [0.4, 0.5) is 4.79 Å². The minimum Gasteiger partial charge on any atom is -0.465 e. The maximum atomic E-state index is 13.1. The molecule has 2 amide bonds. The summed E-state index contributed by atoms with van der Waals surface area (Å²) in [7, 11) is 0. The van der Waals surface area contributed by atoms with E-state index in [2.05, 4.69) is 5.32 Å². The summed E-state index contributed by atoms with van der Waals surface area (Å²) in [5.74, 6) is -0.327. The maximum Gasteiger partial charge on any atom is 0.405 e. The SMILES string of the molecule is CCOC(CN(C(=O)C(Cc1ccc(Cl)cc1)NC(=O)O)C(C)C)OCC. The Labute approximate surface area is 165 Å². The molecule has 0 saturated carbocycles. The van der Waals surface area contributed by atoms with Gasteiger partial charge >= 0.3 is 6.09 Å². The fourth-order valence-corrected chi connectivity index (χ4v) is 2.77. The van der Waals surface area contributed by atoms with Gasteiger partial charge in [0.25, 0.3) is 0 Å². The first-order chi connectivity index (χ1) is 12.8. The summed E-state index contributed by atoms with van der Waals surface area (Å²) in [5, 5.41) is 12.1. The van der Waals surface area contributed by atoms with E-state index in [1.165, 1.54) is 0 Å². The lowest BCUT2D eigenvalue weighted by Gasteiger charge is -2.33. The van der Waals surface area contributed by atoms with Crippen LogP contribution in [0.5, 0.6) is 0 Å². The molecule has 1 aromatic carbocycles. The van der Waals surface area contributed by atoms with Gasteiger partial charge in [-0.25, -0.2) is 4.79 Å². The third-order valence-electron chi connectivity index (χ3n) is 3.91. The Kier molecular flexibility index (Phi) is 10.1. The fourth-order valence-electron chi connectivity index (χ4n) is 2.65. The summed E-state index contributed by atoms with van der Waals surface area (Å²) in [6.07, 6.45) is -1.59. The molecule has 0 saturated heterocycles. The second kappa shape index (κ2) is 11.8.